The van der Waals surface area contributed by atoms with Gasteiger partial charge in [0.2, 0.25) is 0 Å². The number of amides is 1. The summed E-state index contributed by atoms with van der Waals surface area (Å²) in [5, 5.41) is 2.85. The van der Waals surface area contributed by atoms with Gasteiger partial charge in [0.15, 0.2) is 0 Å². The number of benzene rings is 2. The van der Waals surface area contributed by atoms with Crippen LogP contribution >= 0.6 is 0 Å². The Labute approximate surface area is 171 Å². The van der Waals surface area contributed by atoms with Gasteiger partial charge in [-0.15, -0.1) is 0 Å². The second-order valence-electron chi connectivity index (χ2n) is 6.26. The van der Waals surface area contributed by atoms with E-state index in [1.54, 1.807) is 19.4 Å². The number of methoxy groups -OCH3 is 1. The first-order chi connectivity index (χ1) is 14.2. The van der Waals surface area contributed by atoms with Crippen LogP contribution in [0, 0.1) is 0 Å². The predicted octanol–water partition coefficient (Wildman–Crippen LogP) is 4.06. The number of nitrogens with one attached hydrogen (secondary N) is 1. The van der Waals surface area contributed by atoms with Gasteiger partial charge in [-0.1, -0.05) is 18.2 Å². The summed E-state index contributed by atoms with van der Waals surface area (Å²) in [5.74, 6) is 1.27. The molecule has 1 heterocycles. The highest BCUT2D eigenvalue weighted by Crippen LogP contribution is 2.24. The topological polar surface area (TPSA) is 63.7 Å². The van der Waals surface area contributed by atoms with E-state index in [1.165, 1.54) is 0 Å². The van der Waals surface area contributed by atoms with E-state index in [-0.39, 0.29) is 5.91 Å². The van der Waals surface area contributed by atoms with E-state index in [0.717, 1.165) is 29.4 Å². The van der Waals surface area contributed by atoms with Crippen molar-refractivity contribution in [2.24, 2.45) is 0 Å². The van der Waals surface area contributed by atoms with E-state index in [4.69, 9.17) is 9.47 Å². The lowest BCUT2D eigenvalue weighted by atomic mass is 10.2. The third kappa shape index (κ3) is 5.48. The third-order valence-electron chi connectivity index (χ3n) is 4.39. The average molecular weight is 391 g/mol. The van der Waals surface area contributed by atoms with Crippen LogP contribution in [0.2, 0.25) is 0 Å². The van der Waals surface area contributed by atoms with Crippen LogP contribution in [0.4, 0.5) is 11.4 Å². The number of para-hydroxylation sites is 1. The Balaban J connectivity index is 1.56. The lowest BCUT2D eigenvalue weighted by Crippen LogP contribution is -2.29. The quantitative estimate of drug-likeness (QED) is 0.558. The molecular formula is C23H25N3O3. The average Bonchev–Trinajstić information content (AvgIpc) is 2.78. The Morgan fingerprint density at radius 1 is 1.00 bits per heavy atom. The number of ether oxygens (including phenoxy) is 2. The van der Waals surface area contributed by atoms with Crippen molar-refractivity contribution < 1.29 is 14.3 Å². The number of aromatic nitrogens is 1. The maximum atomic E-state index is 12.5. The number of anilines is 2. The van der Waals surface area contributed by atoms with Crippen LogP contribution < -0.4 is 19.7 Å². The minimum absolute atomic E-state index is 0.228. The van der Waals surface area contributed by atoms with Gasteiger partial charge >= 0.3 is 0 Å². The van der Waals surface area contributed by atoms with Gasteiger partial charge in [0.1, 0.15) is 23.8 Å². The molecule has 1 N–H and O–H groups in total. The zero-order chi connectivity index (χ0) is 20.5. The first kappa shape index (κ1) is 20.2. The molecular weight excluding hydrogens is 366 g/mol. The fourth-order valence-corrected chi connectivity index (χ4v) is 2.93. The van der Waals surface area contributed by atoms with Gasteiger partial charge in [-0.2, -0.15) is 0 Å². The molecule has 0 fully saturated rings. The minimum Gasteiger partial charge on any atom is -0.497 e. The summed E-state index contributed by atoms with van der Waals surface area (Å²) in [4.78, 5) is 18.8. The number of hydrogen-bond donors (Lipinski definition) is 1. The molecule has 0 radical (unpaired) electrons. The molecule has 3 aromatic rings. The molecule has 1 amide bonds. The maximum Gasteiger partial charge on any atom is 0.270 e. The van der Waals surface area contributed by atoms with Crippen LogP contribution in [0.5, 0.6) is 11.5 Å². The summed E-state index contributed by atoms with van der Waals surface area (Å²) >= 11 is 0. The summed E-state index contributed by atoms with van der Waals surface area (Å²) in [6.07, 6.45) is 1.66. The number of pyridine rings is 1. The molecule has 0 aliphatic carbocycles. The molecule has 0 bridgehead atoms. The lowest BCUT2D eigenvalue weighted by Gasteiger charge is -2.23. The Morgan fingerprint density at radius 2 is 1.72 bits per heavy atom. The normalized spacial score (nSPS) is 10.3. The molecule has 6 heteroatoms. The van der Waals surface area contributed by atoms with Crippen molar-refractivity contribution in [3.05, 3.63) is 78.6 Å². The smallest absolute Gasteiger partial charge is 0.270 e. The standard InChI is InChI=1S/C23H25N3O3/c1-3-26(18-7-5-4-6-8-18)19-13-14-24-22(17-19)23(27)25-15-16-29-21-11-9-20(28-2)10-12-21/h4-14,17H,3,15-16H2,1-2H3,(H,25,27). The summed E-state index contributed by atoms with van der Waals surface area (Å²) in [6, 6.07) is 21.1. The highest BCUT2D eigenvalue weighted by Gasteiger charge is 2.12. The van der Waals surface area contributed by atoms with Gasteiger partial charge in [-0.05, 0) is 55.5 Å². The van der Waals surface area contributed by atoms with Crippen molar-refractivity contribution in [3.63, 3.8) is 0 Å². The first-order valence-electron chi connectivity index (χ1n) is 9.55. The largest absolute Gasteiger partial charge is 0.497 e. The van der Waals surface area contributed by atoms with Crippen LogP contribution in [0.3, 0.4) is 0 Å². The van der Waals surface area contributed by atoms with Crippen LogP contribution in [0.1, 0.15) is 17.4 Å². The van der Waals surface area contributed by atoms with Gasteiger partial charge in [-0.3, -0.25) is 9.78 Å². The molecule has 3 rings (SSSR count). The number of carbonyl (C=O) groups excluding carboxylic acids is 1. The van der Waals surface area contributed by atoms with Crippen LogP contribution in [0.25, 0.3) is 0 Å². The maximum absolute atomic E-state index is 12.5. The van der Waals surface area contributed by atoms with Gasteiger partial charge in [0, 0.05) is 24.1 Å². The summed E-state index contributed by atoms with van der Waals surface area (Å²) in [7, 11) is 1.62. The highest BCUT2D eigenvalue weighted by molar-refractivity contribution is 5.93. The van der Waals surface area contributed by atoms with Gasteiger partial charge < -0.3 is 19.7 Å². The van der Waals surface area contributed by atoms with E-state index >= 15 is 0 Å². The van der Waals surface area contributed by atoms with Crippen molar-refractivity contribution in [1.29, 1.82) is 0 Å². The van der Waals surface area contributed by atoms with Crippen LogP contribution in [0.15, 0.2) is 72.9 Å². The van der Waals surface area contributed by atoms with Gasteiger partial charge in [-0.25, -0.2) is 0 Å². The molecule has 0 unspecified atom stereocenters. The fraction of sp³-hybridized carbons (Fsp3) is 0.217. The van der Waals surface area contributed by atoms with Gasteiger partial charge in [0.05, 0.1) is 13.7 Å². The molecule has 0 aliphatic rings. The van der Waals surface area contributed by atoms with Crippen molar-refractivity contribution in [1.82, 2.24) is 10.3 Å². The summed E-state index contributed by atoms with van der Waals surface area (Å²) in [5.41, 5.74) is 2.37. The molecule has 0 saturated carbocycles. The molecule has 0 spiro atoms. The van der Waals surface area contributed by atoms with Gasteiger partial charge in [0.25, 0.3) is 5.91 Å². The molecule has 150 valence electrons. The fourth-order valence-electron chi connectivity index (χ4n) is 2.93. The Hall–Kier alpha value is -3.54. The first-order valence-corrected chi connectivity index (χ1v) is 9.55. The van der Waals surface area contributed by atoms with Crippen molar-refractivity contribution >= 4 is 17.3 Å². The van der Waals surface area contributed by atoms with Crippen molar-refractivity contribution in [3.8, 4) is 11.5 Å². The molecule has 2 aromatic carbocycles. The predicted molar refractivity (Wildman–Crippen MR) is 114 cm³/mol. The Morgan fingerprint density at radius 3 is 2.41 bits per heavy atom. The number of rotatable bonds is 9. The SMILES string of the molecule is CCN(c1ccccc1)c1ccnc(C(=O)NCCOc2ccc(OC)cc2)c1. The minimum atomic E-state index is -0.228. The molecule has 0 saturated heterocycles. The second kappa shape index (κ2) is 10.1. The zero-order valence-electron chi connectivity index (χ0n) is 16.7. The monoisotopic (exact) mass is 391 g/mol. The second-order valence-corrected chi connectivity index (χ2v) is 6.26. The molecule has 0 aliphatic heterocycles. The van der Waals surface area contributed by atoms with E-state index < -0.39 is 0 Å². The lowest BCUT2D eigenvalue weighted by molar-refractivity contribution is 0.0942. The van der Waals surface area contributed by atoms with E-state index in [2.05, 4.69) is 22.1 Å². The van der Waals surface area contributed by atoms with Crippen molar-refractivity contribution in [2.45, 2.75) is 6.92 Å². The van der Waals surface area contributed by atoms with Crippen LogP contribution in [-0.4, -0.2) is 37.7 Å². The number of hydrogen-bond acceptors (Lipinski definition) is 5. The zero-order valence-corrected chi connectivity index (χ0v) is 16.7. The summed E-state index contributed by atoms with van der Waals surface area (Å²) < 4.78 is 10.7. The summed E-state index contributed by atoms with van der Waals surface area (Å²) in [6.45, 7) is 3.60. The molecule has 6 nitrogen and oxygen atoms in total. The highest BCUT2D eigenvalue weighted by atomic mass is 16.5. The van der Waals surface area contributed by atoms with Crippen LogP contribution in [-0.2, 0) is 0 Å². The van der Waals surface area contributed by atoms with Crippen molar-refractivity contribution in [2.75, 3.05) is 31.7 Å². The van der Waals surface area contributed by atoms with E-state index in [0.29, 0.717) is 18.8 Å². The number of carbonyl (C=O) groups is 1. The molecule has 1 aromatic heterocycles. The third-order valence-corrected chi connectivity index (χ3v) is 4.39. The van der Waals surface area contributed by atoms with E-state index in [1.807, 2.05) is 60.7 Å². The Bertz CT molecular complexity index is 914. The Kier molecular flexibility index (Phi) is 7.05. The molecule has 29 heavy (non-hydrogen) atoms. The number of nitrogens with zero attached hydrogens (tertiary/aromatic N) is 2. The molecule has 0 atom stereocenters. The van der Waals surface area contributed by atoms with E-state index in [9.17, 15) is 4.79 Å².